The van der Waals surface area contributed by atoms with Gasteiger partial charge >= 0.3 is 0 Å². The average Bonchev–Trinajstić information content (AvgIpc) is 2.80. The first-order valence-electron chi connectivity index (χ1n) is 6.37. The Morgan fingerprint density at radius 3 is 2.78 bits per heavy atom. The second kappa shape index (κ2) is 5.40. The van der Waals surface area contributed by atoms with Crippen LogP contribution in [0.1, 0.15) is 18.9 Å². The minimum atomic E-state index is -0.255. The fraction of sp³-hybridized carbons (Fsp3) is 0.500. The van der Waals surface area contributed by atoms with Crippen LogP contribution in [0.5, 0.6) is 5.75 Å². The van der Waals surface area contributed by atoms with Crippen molar-refractivity contribution in [2.24, 2.45) is 5.41 Å². The van der Waals surface area contributed by atoms with Gasteiger partial charge in [-0.2, -0.15) is 0 Å². The Balaban J connectivity index is 1.78. The molecule has 0 saturated carbocycles. The van der Waals surface area contributed by atoms with Crippen molar-refractivity contribution in [1.29, 1.82) is 0 Å². The van der Waals surface area contributed by atoms with Crippen molar-refractivity contribution in [3.8, 4) is 5.75 Å². The Morgan fingerprint density at radius 2 is 2.17 bits per heavy atom. The Kier molecular flexibility index (Phi) is 3.87. The molecule has 0 spiro atoms. The third kappa shape index (κ3) is 3.01. The van der Waals surface area contributed by atoms with E-state index in [-0.39, 0.29) is 17.1 Å². The molecule has 1 aromatic rings. The Hall–Kier alpha value is -1.55. The summed E-state index contributed by atoms with van der Waals surface area (Å²) in [4.78, 5) is 12.0. The van der Waals surface area contributed by atoms with E-state index in [4.69, 9.17) is 0 Å². The number of aromatic hydroxyl groups is 1. The largest absolute Gasteiger partial charge is 0.508 e. The average molecular weight is 248 g/mol. The molecule has 1 amide bonds. The Labute approximate surface area is 107 Å². The number of nitrogens with one attached hydrogen (secondary N) is 2. The van der Waals surface area contributed by atoms with Crippen molar-refractivity contribution in [2.75, 3.05) is 19.6 Å². The first kappa shape index (κ1) is 12.9. The maximum absolute atomic E-state index is 12.0. The number of phenols is 1. The van der Waals surface area contributed by atoms with Crippen LogP contribution in [-0.2, 0) is 11.2 Å². The highest BCUT2D eigenvalue weighted by Gasteiger charge is 2.35. The van der Waals surface area contributed by atoms with Gasteiger partial charge in [0, 0.05) is 13.1 Å². The van der Waals surface area contributed by atoms with Crippen LogP contribution in [0, 0.1) is 5.41 Å². The number of rotatable bonds is 4. The van der Waals surface area contributed by atoms with Gasteiger partial charge in [0.1, 0.15) is 5.75 Å². The molecule has 2 rings (SSSR count). The first-order valence-corrected chi connectivity index (χ1v) is 6.37. The molecule has 4 nitrogen and oxygen atoms in total. The summed E-state index contributed by atoms with van der Waals surface area (Å²) in [6, 6.07) is 7.08. The highest BCUT2D eigenvalue weighted by atomic mass is 16.3. The van der Waals surface area contributed by atoms with Gasteiger partial charge in [-0.3, -0.25) is 4.79 Å². The van der Waals surface area contributed by atoms with Crippen LogP contribution in [0.3, 0.4) is 0 Å². The van der Waals surface area contributed by atoms with Crippen molar-refractivity contribution >= 4 is 5.91 Å². The van der Waals surface area contributed by atoms with E-state index in [9.17, 15) is 9.90 Å². The van der Waals surface area contributed by atoms with E-state index in [0.29, 0.717) is 6.54 Å². The molecule has 4 heteroatoms. The summed E-state index contributed by atoms with van der Waals surface area (Å²) in [6.45, 7) is 4.32. The number of amides is 1. The minimum Gasteiger partial charge on any atom is -0.508 e. The number of hydrogen-bond acceptors (Lipinski definition) is 3. The molecule has 98 valence electrons. The van der Waals surface area contributed by atoms with Gasteiger partial charge in [0.05, 0.1) is 5.41 Å². The molecule has 1 fully saturated rings. The third-order valence-electron chi connectivity index (χ3n) is 3.55. The molecule has 1 aliphatic heterocycles. The van der Waals surface area contributed by atoms with Crippen molar-refractivity contribution < 1.29 is 9.90 Å². The van der Waals surface area contributed by atoms with Gasteiger partial charge in [0.25, 0.3) is 0 Å². The van der Waals surface area contributed by atoms with Crippen LogP contribution in [0.4, 0.5) is 0 Å². The maximum atomic E-state index is 12.0. The summed E-state index contributed by atoms with van der Waals surface area (Å²) < 4.78 is 0. The van der Waals surface area contributed by atoms with Crippen LogP contribution >= 0.6 is 0 Å². The van der Waals surface area contributed by atoms with Crippen molar-refractivity contribution in [1.82, 2.24) is 10.6 Å². The summed E-state index contributed by atoms with van der Waals surface area (Å²) in [6.07, 6.45) is 1.69. The molecular formula is C14H20N2O2. The molecular weight excluding hydrogens is 228 g/mol. The smallest absolute Gasteiger partial charge is 0.227 e. The number of carbonyl (C=O) groups is 1. The summed E-state index contributed by atoms with van der Waals surface area (Å²) in [5.41, 5.74) is 0.859. The zero-order valence-electron chi connectivity index (χ0n) is 10.7. The highest BCUT2D eigenvalue weighted by molar-refractivity contribution is 5.82. The molecule has 3 N–H and O–H groups in total. The van der Waals surface area contributed by atoms with Crippen LogP contribution in [0.25, 0.3) is 0 Å². The van der Waals surface area contributed by atoms with Gasteiger partial charge < -0.3 is 15.7 Å². The summed E-state index contributed by atoms with van der Waals surface area (Å²) >= 11 is 0. The van der Waals surface area contributed by atoms with E-state index in [1.807, 2.05) is 19.1 Å². The predicted octanol–water partition coefficient (Wildman–Crippen LogP) is 1.05. The lowest BCUT2D eigenvalue weighted by Crippen LogP contribution is -2.41. The zero-order valence-corrected chi connectivity index (χ0v) is 10.7. The molecule has 0 aliphatic carbocycles. The van der Waals surface area contributed by atoms with Gasteiger partial charge in [0.2, 0.25) is 5.91 Å². The standard InChI is InChI=1S/C14H20N2O2/c1-14(7-9-15-10-14)13(18)16-8-6-11-2-4-12(17)5-3-11/h2-5,15,17H,6-10H2,1H3,(H,16,18). The Morgan fingerprint density at radius 1 is 1.44 bits per heavy atom. The summed E-state index contributed by atoms with van der Waals surface area (Å²) in [5, 5.41) is 15.4. The van der Waals surface area contributed by atoms with Crippen LogP contribution in [0.15, 0.2) is 24.3 Å². The van der Waals surface area contributed by atoms with Crippen LogP contribution in [0.2, 0.25) is 0 Å². The van der Waals surface area contributed by atoms with Crippen LogP contribution < -0.4 is 10.6 Å². The van der Waals surface area contributed by atoms with E-state index >= 15 is 0 Å². The SMILES string of the molecule is CC1(C(=O)NCCc2ccc(O)cc2)CCNC1. The van der Waals surface area contributed by atoms with E-state index in [1.165, 1.54) is 0 Å². The lowest BCUT2D eigenvalue weighted by Gasteiger charge is -2.21. The number of benzene rings is 1. The fourth-order valence-corrected chi connectivity index (χ4v) is 2.21. The molecule has 1 heterocycles. The summed E-state index contributed by atoms with van der Waals surface area (Å²) in [7, 11) is 0. The zero-order chi connectivity index (χ0) is 13.0. The number of hydrogen-bond donors (Lipinski definition) is 3. The van der Waals surface area contributed by atoms with Gasteiger partial charge in [-0.1, -0.05) is 12.1 Å². The van der Waals surface area contributed by atoms with Gasteiger partial charge in [0.15, 0.2) is 0 Å². The molecule has 0 radical (unpaired) electrons. The lowest BCUT2D eigenvalue weighted by atomic mass is 9.89. The lowest BCUT2D eigenvalue weighted by molar-refractivity contribution is -0.129. The van der Waals surface area contributed by atoms with Crippen molar-refractivity contribution in [3.05, 3.63) is 29.8 Å². The number of carbonyl (C=O) groups excluding carboxylic acids is 1. The number of phenolic OH excluding ortho intramolecular Hbond substituents is 1. The van der Waals surface area contributed by atoms with E-state index < -0.39 is 0 Å². The van der Waals surface area contributed by atoms with Crippen molar-refractivity contribution in [2.45, 2.75) is 19.8 Å². The van der Waals surface area contributed by atoms with Gasteiger partial charge in [-0.15, -0.1) is 0 Å². The molecule has 1 saturated heterocycles. The monoisotopic (exact) mass is 248 g/mol. The van der Waals surface area contributed by atoms with Crippen molar-refractivity contribution in [3.63, 3.8) is 0 Å². The second-order valence-electron chi connectivity index (χ2n) is 5.16. The molecule has 1 unspecified atom stereocenters. The van der Waals surface area contributed by atoms with E-state index in [1.54, 1.807) is 12.1 Å². The highest BCUT2D eigenvalue weighted by Crippen LogP contribution is 2.24. The normalized spacial score (nSPS) is 22.9. The molecule has 0 bridgehead atoms. The summed E-state index contributed by atoms with van der Waals surface area (Å²) in [5.74, 6) is 0.401. The minimum absolute atomic E-state index is 0.131. The molecule has 1 aromatic carbocycles. The van der Waals surface area contributed by atoms with Crippen LogP contribution in [-0.4, -0.2) is 30.6 Å². The topological polar surface area (TPSA) is 61.4 Å². The van der Waals surface area contributed by atoms with Gasteiger partial charge in [-0.05, 0) is 44.0 Å². The molecule has 0 aromatic heterocycles. The second-order valence-corrected chi connectivity index (χ2v) is 5.16. The van der Waals surface area contributed by atoms with Gasteiger partial charge in [-0.25, -0.2) is 0 Å². The molecule has 1 atom stereocenters. The Bertz CT molecular complexity index is 408. The predicted molar refractivity (Wildman–Crippen MR) is 70.4 cm³/mol. The maximum Gasteiger partial charge on any atom is 0.227 e. The third-order valence-corrected chi connectivity index (χ3v) is 3.55. The fourth-order valence-electron chi connectivity index (χ4n) is 2.21. The molecule has 18 heavy (non-hydrogen) atoms. The van der Waals surface area contributed by atoms with E-state index in [2.05, 4.69) is 10.6 Å². The van der Waals surface area contributed by atoms with E-state index in [0.717, 1.165) is 31.5 Å². The quantitative estimate of drug-likeness (QED) is 0.746. The molecule has 1 aliphatic rings. The first-order chi connectivity index (χ1) is 8.60.